The molecule has 0 spiro atoms. The van der Waals surface area contributed by atoms with Gasteiger partial charge in [-0.25, -0.2) is 4.68 Å². The standard InChI is InChI=1S/C19H19ClN4O2/c1-12-4-9-16(13(2)10-12)21-19(25)18-17(11-26-3)24(23-22-18)15-7-5-14(20)6-8-15/h4-10H,11H2,1-3H3,(H,21,25). The third-order valence-corrected chi connectivity index (χ3v) is 4.21. The number of carbonyl (C=O) groups is 1. The Balaban J connectivity index is 1.94. The molecule has 0 saturated carbocycles. The molecule has 0 saturated heterocycles. The molecule has 0 aliphatic rings. The van der Waals surface area contributed by atoms with Gasteiger partial charge in [0.15, 0.2) is 5.69 Å². The molecule has 3 rings (SSSR count). The number of hydrogen-bond acceptors (Lipinski definition) is 4. The molecule has 0 unspecified atom stereocenters. The van der Waals surface area contributed by atoms with Gasteiger partial charge < -0.3 is 10.1 Å². The van der Waals surface area contributed by atoms with Crippen molar-refractivity contribution in [2.45, 2.75) is 20.5 Å². The highest BCUT2D eigenvalue weighted by atomic mass is 35.5. The van der Waals surface area contributed by atoms with E-state index in [1.807, 2.05) is 44.2 Å². The van der Waals surface area contributed by atoms with Crippen LogP contribution in [0.25, 0.3) is 5.69 Å². The molecule has 1 aromatic heterocycles. The van der Waals surface area contributed by atoms with Crippen LogP contribution in [0.5, 0.6) is 0 Å². The van der Waals surface area contributed by atoms with Crippen LogP contribution in [0.15, 0.2) is 42.5 Å². The summed E-state index contributed by atoms with van der Waals surface area (Å²) in [7, 11) is 1.56. The van der Waals surface area contributed by atoms with E-state index in [4.69, 9.17) is 16.3 Å². The number of benzene rings is 2. The van der Waals surface area contributed by atoms with Gasteiger partial charge in [0.25, 0.3) is 5.91 Å². The maximum atomic E-state index is 12.7. The molecule has 1 amide bonds. The zero-order valence-electron chi connectivity index (χ0n) is 14.8. The van der Waals surface area contributed by atoms with Crippen molar-refractivity contribution >= 4 is 23.2 Å². The predicted octanol–water partition coefficient (Wildman–Crippen LogP) is 3.94. The van der Waals surface area contributed by atoms with Crippen LogP contribution < -0.4 is 5.32 Å². The van der Waals surface area contributed by atoms with Crippen LogP contribution >= 0.6 is 11.6 Å². The fraction of sp³-hybridized carbons (Fsp3) is 0.211. The summed E-state index contributed by atoms with van der Waals surface area (Å²) >= 11 is 5.94. The normalized spacial score (nSPS) is 10.8. The molecule has 1 heterocycles. The van der Waals surface area contributed by atoms with Gasteiger partial charge >= 0.3 is 0 Å². The molecule has 1 N–H and O–H groups in total. The summed E-state index contributed by atoms with van der Waals surface area (Å²) in [6.45, 7) is 4.15. The lowest BCUT2D eigenvalue weighted by molar-refractivity contribution is 0.101. The van der Waals surface area contributed by atoms with Gasteiger partial charge in [-0.05, 0) is 49.7 Å². The van der Waals surface area contributed by atoms with Gasteiger partial charge in [0.2, 0.25) is 0 Å². The minimum atomic E-state index is -0.329. The van der Waals surface area contributed by atoms with Crippen LogP contribution in [0.4, 0.5) is 5.69 Å². The highest BCUT2D eigenvalue weighted by Gasteiger charge is 2.21. The number of aromatic nitrogens is 3. The Morgan fingerprint density at radius 3 is 2.58 bits per heavy atom. The maximum Gasteiger partial charge on any atom is 0.278 e. The van der Waals surface area contributed by atoms with Crippen molar-refractivity contribution in [3.8, 4) is 5.69 Å². The van der Waals surface area contributed by atoms with E-state index in [9.17, 15) is 4.79 Å². The molecule has 6 nitrogen and oxygen atoms in total. The lowest BCUT2D eigenvalue weighted by Gasteiger charge is -2.10. The molecule has 0 aliphatic carbocycles. The Labute approximate surface area is 156 Å². The van der Waals surface area contributed by atoms with E-state index in [2.05, 4.69) is 15.6 Å². The minimum absolute atomic E-state index is 0.200. The molecular weight excluding hydrogens is 352 g/mol. The quantitative estimate of drug-likeness (QED) is 0.738. The number of nitrogens with zero attached hydrogens (tertiary/aromatic N) is 3. The van der Waals surface area contributed by atoms with E-state index in [1.165, 1.54) is 0 Å². The molecule has 0 radical (unpaired) electrons. The number of carbonyl (C=O) groups excluding carboxylic acids is 1. The van der Waals surface area contributed by atoms with Crippen molar-refractivity contribution in [3.05, 3.63) is 70.0 Å². The van der Waals surface area contributed by atoms with Gasteiger partial charge in [0.1, 0.15) is 5.69 Å². The summed E-state index contributed by atoms with van der Waals surface area (Å²) in [5.74, 6) is -0.329. The molecule has 3 aromatic rings. The minimum Gasteiger partial charge on any atom is -0.378 e. The predicted molar refractivity (Wildman–Crippen MR) is 101 cm³/mol. The van der Waals surface area contributed by atoms with E-state index in [-0.39, 0.29) is 18.2 Å². The molecule has 26 heavy (non-hydrogen) atoms. The summed E-state index contributed by atoms with van der Waals surface area (Å²) in [5, 5.41) is 11.7. The fourth-order valence-electron chi connectivity index (χ4n) is 2.67. The van der Waals surface area contributed by atoms with Crippen molar-refractivity contribution in [2.75, 3.05) is 12.4 Å². The zero-order chi connectivity index (χ0) is 18.7. The van der Waals surface area contributed by atoms with E-state index in [0.717, 1.165) is 22.5 Å². The van der Waals surface area contributed by atoms with Gasteiger partial charge in [-0.1, -0.05) is 34.5 Å². The van der Waals surface area contributed by atoms with Crippen molar-refractivity contribution in [3.63, 3.8) is 0 Å². The number of halogens is 1. The zero-order valence-corrected chi connectivity index (χ0v) is 15.5. The van der Waals surface area contributed by atoms with Crippen LogP contribution in [-0.2, 0) is 11.3 Å². The molecule has 134 valence electrons. The number of rotatable bonds is 5. The first-order chi connectivity index (χ1) is 12.5. The SMILES string of the molecule is COCc1c(C(=O)Nc2ccc(C)cc2C)nnn1-c1ccc(Cl)cc1. The molecule has 7 heteroatoms. The first kappa shape index (κ1) is 18.1. The largest absolute Gasteiger partial charge is 0.378 e. The van der Waals surface area contributed by atoms with Gasteiger partial charge in [-0.3, -0.25) is 4.79 Å². The smallest absolute Gasteiger partial charge is 0.278 e. The Kier molecular flexibility index (Phi) is 5.35. The third kappa shape index (κ3) is 3.76. The molecule has 0 bridgehead atoms. The van der Waals surface area contributed by atoms with Crippen molar-refractivity contribution in [1.29, 1.82) is 0 Å². The summed E-state index contributed by atoms with van der Waals surface area (Å²) < 4.78 is 6.83. The van der Waals surface area contributed by atoms with Gasteiger partial charge in [-0.15, -0.1) is 5.10 Å². The average Bonchev–Trinajstić information content (AvgIpc) is 3.02. The Morgan fingerprint density at radius 2 is 1.92 bits per heavy atom. The Bertz CT molecular complexity index is 935. The van der Waals surface area contributed by atoms with Crippen LogP contribution in [0.1, 0.15) is 27.3 Å². The first-order valence-electron chi connectivity index (χ1n) is 8.07. The average molecular weight is 371 g/mol. The number of nitrogens with one attached hydrogen (secondary N) is 1. The summed E-state index contributed by atoms with van der Waals surface area (Å²) in [4.78, 5) is 12.7. The Morgan fingerprint density at radius 1 is 1.19 bits per heavy atom. The fourth-order valence-corrected chi connectivity index (χ4v) is 2.80. The van der Waals surface area contributed by atoms with Gasteiger partial charge in [0.05, 0.1) is 12.3 Å². The molecule has 2 aromatic carbocycles. The highest BCUT2D eigenvalue weighted by Crippen LogP contribution is 2.20. The Hall–Kier alpha value is -2.70. The second kappa shape index (κ2) is 7.68. The van der Waals surface area contributed by atoms with E-state index < -0.39 is 0 Å². The van der Waals surface area contributed by atoms with Gasteiger partial charge in [0, 0.05) is 17.8 Å². The van der Waals surface area contributed by atoms with Crippen LogP contribution in [0, 0.1) is 13.8 Å². The molecular formula is C19H19ClN4O2. The first-order valence-corrected chi connectivity index (χ1v) is 8.45. The van der Waals surface area contributed by atoms with Gasteiger partial charge in [-0.2, -0.15) is 0 Å². The second-order valence-electron chi connectivity index (χ2n) is 5.98. The van der Waals surface area contributed by atoms with Crippen LogP contribution in [0.3, 0.4) is 0 Å². The number of aryl methyl sites for hydroxylation is 2. The van der Waals surface area contributed by atoms with E-state index in [0.29, 0.717) is 10.7 Å². The summed E-state index contributed by atoms with van der Waals surface area (Å²) in [5.41, 5.74) is 4.40. The number of amides is 1. The highest BCUT2D eigenvalue weighted by molar-refractivity contribution is 6.30. The summed E-state index contributed by atoms with van der Waals surface area (Å²) in [6, 6.07) is 13.0. The monoisotopic (exact) mass is 370 g/mol. The maximum absolute atomic E-state index is 12.7. The number of methoxy groups -OCH3 is 1. The third-order valence-electron chi connectivity index (χ3n) is 3.96. The lowest BCUT2D eigenvalue weighted by atomic mass is 10.1. The second-order valence-corrected chi connectivity index (χ2v) is 6.41. The van der Waals surface area contributed by atoms with Crippen molar-refractivity contribution < 1.29 is 9.53 Å². The van der Waals surface area contributed by atoms with Crippen LogP contribution in [0.2, 0.25) is 5.02 Å². The lowest BCUT2D eigenvalue weighted by Crippen LogP contribution is -2.16. The number of hydrogen-bond donors (Lipinski definition) is 1. The molecule has 0 fully saturated rings. The number of anilines is 1. The topological polar surface area (TPSA) is 69.0 Å². The van der Waals surface area contributed by atoms with Crippen molar-refractivity contribution in [2.24, 2.45) is 0 Å². The van der Waals surface area contributed by atoms with Crippen molar-refractivity contribution in [1.82, 2.24) is 15.0 Å². The number of ether oxygens (including phenoxy) is 1. The summed E-state index contributed by atoms with van der Waals surface area (Å²) in [6.07, 6.45) is 0. The van der Waals surface area contributed by atoms with Crippen LogP contribution in [-0.4, -0.2) is 28.0 Å². The van der Waals surface area contributed by atoms with E-state index in [1.54, 1.807) is 23.9 Å². The molecule has 0 atom stereocenters. The van der Waals surface area contributed by atoms with E-state index >= 15 is 0 Å². The molecule has 0 aliphatic heterocycles.